The summed E-state index contributed by atoms with van der Waals surface area (Å²) in [6, 6.07) is 13.6. The fourth-order valence-electron chi connectivity index (χ4n) is 4.90. The van der Waals surface area contributed by atoms with Gasteiger partial charge in [-0.25, -0.2) is 0 Å². The molecule has 2 aliphatic rings. The molecule has 3 amide bonds. The van der Waals surface area contributed by atoms with Crippen LogP contribution in [0, 0.1) is 6.92 Å². The molecule has 36 heavy (non-hydrogen) atoms. The molecule has 9 nitrogen and oxygen atoms in total. The van der Waals surface area contributed by atoms with E-state index in [0.29, 0.717) is 56.0 Å². The van der Waals surface area contributed by atoms with Crippen molar-refractivity contribution < 1.29 is 28.6 Å². The monoisotopic (exact) mass is 495 g/mol. The minimum atomic E-state index is -0.980. The summed E-state index contributed by atoms with van der Waals surface area (Å²) in [5.74, 6) is -0.0919. The minimum Gasteiger partial charge on any atom is -0.497 e. The molecule has 0 radical (unpaired) electrons. The number of nitrogens with zero attached hydrogens (tertiary/aromatic N) is 2. The number of ether oxygens (including phenoxy) is 3. The number of piperidine rings is 1. The van der Waals surface area contributed by atoms with Crippen molar-refractivity contribution in [1.29, 1.82) is 0 Å². The number of hydrogen-bond donors (Lipinski definition) is 1. The number of hydrogen-bond acceptors (Lipinski definition) is 6. The Balaban J connectivity index is 1.57. The molecule has 1 N–H and O–H groups in total. The largest absolute Gasteiger partial charge is 0.497 e. The van der Waals surface area contributed by atoms with Crippen LogP contribution in [0.4, 0.5) is 0 Å². The van der Waals surface area contributed by atoms with Crippen LogP contribution in [0.15, 0.2) is 48.5 Å². The zero-order valence-electron chi connectivity index (χ0n) is 21.0. The number of amides is 3. The molecule has 9 heteroatoms. The molecule has 2 aromatic rings. The van der Waals surface area contributed by atoms with Gasteiger partial charge in [-0.15, -0.1) is 0 Å². The maximum atomic E-state index is 13.8. The van der Waals surface area contributed by atoms with Crippen LogP contribution in [0.1, 0.15) is 39.1 Å². The Kier molecular flexibility index (Phi) is 7.91. The Bertz CT molecular complexity index is 1110. The van der Waals surface area contributed by atoms with Crippen LogP contribution in [0.5, 0.6) is 5.75 Å². The highest BCUT2D eigenvalue weighted by Gasteiger charge is 2.54. The van der Waals surface area contributed by atoms with Gasteiger partial charge >= 0.3 is 0 Å². The van der Waals surface area contributed by atoms with Gasteiger partial charge in [-0.1, -0.05) is 24.3 Å². The second kappa shape index (κ2) is 11.1. The Morgan fingerprint density at radius 3 is 2.50 bits per heavy atom. The Labute approximate surface area is 211 Å². The van der Waals surface area contributed by atoms with Gasteiger partial charge in [0.2, 0.25) is 5.91 Å². The van der Waals surface area contributed by atoms with E-state index in [9.17, 15) is 14.4 Å². The summed E-state index contributed by atoms with van der Waals surface area (Å²) in [6.45, 7) is 3.52. The number of methoxy groups -OCH3 is 2. The summed E-state index contributed by atoms with van der Waals surface area (Å²) in [7, 11) is 3.10. The molecule has 2 aromatic carbocycles. The molecule has 2 heterocycles. The summed E-state index contributed by atoms with van der Waals surface area (Å²) in [6.07, 6.45) is 0.810. The number of carbonyl (C=O) groups is 3. The fraction of sp³-hybridized carbons (Fsp3) is 0.444. The molecule has 192 valence electrons. The summed E-state index contributed by atoms with van der Waals surface area (Å²) >= 11 is 0. The van der Waals surface area contributed by atoms with Gasteiger partial charge in [0.1, 0.15) is 17.5 Å². The first-order valence-corrected chi connectivity index (χ1v) is 12.1. The third kappa shape index (κ3) is 5.08. The lowest BCUT2D eigenvalue weighted by atomic mass is 9.95. The zero-order valence-corrected chi connectivity index (χ0v) is 21.0. The predicted octanol–water partition coefficient (Wildman–Crippen LogP) is 2.24. The average molecular weight is 496 g/mol. The van der Waals surface area contributed by atoms with Crippen molar-refractivity contribution >= 4 is 17.7 Å². The molecular formula is C27H33N3O6. The second-order valence-electron chi connectivity index (χ2n) is 9.07. The van der Waals surface area contributed by atoms with Crippen LogP contribution in [0.25, 0.3) is 0 Å². The van der Waals surface area contributed by atoms with E-state index in [2.05, 4.69) is 5.32 Å². The predicted molar refractivity (Wildman–Crippen MR) is 133 cm³/mol. The van der Waals surface area contributed by atoms with Gasteiger partial charge in [0, 0.05) is 50.7 Å². The number of nitrogens with one attached hydrogen (secondary N) is 1. The molecule has 2 saturated heterocycles. The Morgan fingerprint density at radius 1 is 1.06 bits per heavy atom. The van der Waals surface area contributed by atoms with Gasteiger partial charge in [0.25, 0.3) is 11.8 Å². The third-order valence-electron chi connectivity index (χ3n) is 6.91. The molecule has 2 fully saturated rings. The maximum absolute atomic E-state index is 13.8. The van der Waals surface area contributed by atoms with Gasteiger partial charge in [0.05, 0.1) is 20.3 Å². The highest BCUT2D eigenvalue weighted by molar-refractivity contribution is 5.99. The summed E-state index contributed by atoms with van der Waals surface area (Å²) < 4.78 is 16.6. The van der Waals surface area contributed by atoms with Crippen molar-refractivity contribution in [3.63, 3.8) is 0 Å². The Morgan fingerprint density at radius 2 is 1.81 bits per heavy atom. The lowest BCUT2D eigenvalue weighted by Gasteiger charge is -2.44. The van der Waals surface area contributed by atoms with Crippen LogP contribution < -0.4 is 10.1 Å². The Hall–Kier alpha value is -3.43. The highest BCUT2D eigenvalue weighted by atomic mass is 16.5. The van der Waals surface area contributed by atoms with Crippen LogP contribution in [-0.4, -0.2) is 86.4 Å². The summed E-state index contributed by atoms with van der Waals surface area (Å²) in [4.78, 5) is 43.4. The van der Waals surface area contributed by atoms with Crippen molar-refractivity contribution in [2.24, 2.45) is 0 Å². The van der Waals surface area contributed by atoms with E-state index in [1.165, 1.54) is 7.11 Å². The summed E-state index contributed by atoms with van der Waals surface area (Å²) in [5, 5.41) is 2.83. The van der Waals surface area contributed by atoms with Gasteiger partial charge in [-0.05, 0) is 36.8 Å². The lowest BCUT2D eigenvalue weighted by molar-refractivity contribution is -0.128. The fourth-order valence-corrected chi connectivity index (χ4v) is 4.90. The number of likely N-dealkylation sites (tertiary alicyclic amines) is 1. The molecular weight excluding hydrogens is 462 g/mol. The molecule has 0 aliphatic carbocycles. The molecule has 2 aliphatic heterocycles. The normalized spacial score (nSPS) is 18.8. The molecule has 1 unspecified atom stereocenters. The lowest BCUT2D eigenvalue weighted by Crippen LogP contribution is -2.60. The number of rotatable bonds is 7. The van der Waals surface area contributed by atoms with Crippen molar-refractivity contribution in [2.45, 2.75) is 31.5 Å². The first-order valence-electron chi connectivity index (χ1n) is 12.1. The topological polar surface area (TPSA) is 97.4 Å². The molecule has 1 atom stereocenters. The van der Waals surface area contributed by atoms with E-state index in [0.717, 1.165) is 5.56 Å². The third-order valence-corrected chi connectivity index (χ3v) is 6.91. The van der Waals surface area contributed by atoms with E-state index in [1.807, 2.05) is 31.2 Å². The molecule has 0 saturated carbocycles. The number of benzene rings is 2. The summed E-state index contributed by atoms with van der Waals surface area (Å²) in [5.41, 5.74) is 1.02. The standard InChI is InChI=1S/C27H33N3O6/c1-19-7-4-5-10-22(19)26(33)29-14-11-27(12-15-29)30(23(18-36-27)24(31)28-13-16-34-2)25(32)20-8-6-9-21(17-20)35-3/h4-10,17,23H,11-16,18H2,1-3H3,(H,28,31). The zero-order chi connectivity index (χ0) is 25.7. The van der Waals surface area contributed by atoms with Gasteiger partial charge in [-0.3, -0.25) is 19.3 Å². The van der Waals surface area contributed by atoms with Gasteiger partial charge in [0.15, 0.2) is 0 Å². The maximum Gasteiger partial charge on any atom is 0.257 e. The first-order chi connectivity index (χ1) is 17.4. The number of carbonyl (C=O) groups excluding carboxylic acids is 3. The molecule has 1 spiro atoms. The van der Waals surface area contributed by atoms with Crippen molar-refractivity contribution in [1.82, 2.24) is 15.1 Å². The van der Waals surface area contributed by atoms with Crippen LogP contribution >= 0.6 is 0 Å². The average Bonchev–Trinajstić information content (AvgIpc) is 3.27. The first kappa shape index (κ1) is 25.7. The van der Waals surface area contributed by atoms with Crippen molar-refractivity contribution in [3.05, 3.63) is 65.2 Å². The molecule has 0 aromatic heterocycles. The van der Waals surface area contributed by atoms with Gasteiger partial charge < -0.3 is 24.4 Å². The van der Waals surface area contributed by atoms with Crippen LogP contribution in [-0.2, 0) is 14.3 Å². The van der Waals surface area contributed by atoms with Crippen LogP contribution in [0.3, 0.4) is 0 Å². The van der Waals surface area contributed by atoms with E-state index in [4.69, 9.17) is 14.2 Å². The second-order valence-corrected chi connectivity index (χ2v) is 9.07. The van der Waals surface area contributed by atoms with E-state index < -0.39 is 11.8 Å². The SMILES string of the molecule is COCCNC(=O)C1COC2(CCN(C(=O)c3ccccc3C)CC2)N1C(=O)c1cccc(OC)c1. The van der Waals surface area contributed by atoms with Crippen LogP contribution in [0.2, 0.25) is 0 Å². The minimum absolute atomic E-state index is 0.0412. The smallest absolute Gasteiger partial charge is 0.257 e. The molecule has 0 bridgehead atoms. The van der Waals surface area contributed by atoms with E-state index >= 15 is 0 Å². The van der Waals surface area contributed by atoms with E-state index in [-0.39, 0.29) is 24.3 Å². The van der Waals surface area contributed by atoms with Crippen molar-refractivity contribution in [3.8, 4) is 5.75 Å². The quantitative estimate of drug-likeness (QED) is 0.592. The van der Waals surface area contributed by atoms with Gasteiger partial charge in [-0.2, -0.15) is 0 Å². The number of aryl methyl sites for hydroxylation is 1. The molecule has 4 rings (SSSR count). The van der Waals surface area contributed by atoms with Crippen molar-refractivity contribution in [2.75, 3.05) is 47.1 Å². The van der Waals surface area contributed by atoms with E-state index in [1.54, 1.807) is 41.2 Å². The highest BCUT2D eigenvalue weighted by Crippen LogP contribution is 2.39.